The Bertz CT molecular complexity index is 972. The fraction of sp³-hybridized carbons (Fsp3) is 0.250. The number of hydrogen-bond donors (Lipinski definition) is 2. The molecule has 3 aromatic rings. The number of aryl methyl sites for hydroxylation is 1. The van der Waals surface area contributed by atoms with Crippen LogP contribution in [0.2, 0.25) is 5.02 Å². The number of halogens is 1. The Balaban J connectivity index is 1.66. The highest BCUT2D eigenvalue weighted by molar-refractivity contribution is 6.30. The summed E-state index contributed by atoms with van der Waals surface area (Å²) in [6.45, 7) is 5.84. The summed E-state index contributed by atoms with van der Waals surface area (Å²) < 4.78 is 11.0. The minimum atomic E-state index is -0.271. The second kappa shape index (κ2) is 8.75. The van der Waals surface area contributed by atoms with E-state index in [0.717, 1.165) is 11.1 Å². The summed E-state index contributed by atoms with van der Waals surface area (Å²) in [5, 5.41) is 10.2. The summed E-state index contributed by atoms with van der Waals surface area (Å²) in [5.74, 6) is 1.46. The summed E-state index contributed by atoms with van der Waals surface area (Å²) in [6.07, 6.45) is 0. The van der Waals surface area contributed by atoms with Crippen LogP contribution in [0.3, 0.4) is 0 Å². The molecule has 146 valence electrons. The molecule has 28 heavy (non-hydrogen) atoms. The second-order valence-electron chi connectivity index (χ2n) is 6.54. The summed E-state index contributed by atoms with van der Waals surface area (Å²) in [5.41, 5.74) is 2.28. The van der Waals surface area contributed by atoms with Crippen LogP contribution in [0, 0.1) is 6.92 Å². The van der Waals surface area contributed by atoms with E-state index in [4.69, 9.17) is 20.9 Å². The number of benzene rings is 2. The Kier molecular flexibility index (Phi) is 6.16. The molecule has 2 N–H and O–H groups in total. The van der Waals surface area contributed by atoms with Gasteiger partial charge in [-0.3, -0.25) is 0 Å². The van der Waals surface area contributed by atoms with Crippen molar-refractivity contribution in [3.8, 4) is 17.1 Å². The SMILES string of the molecule is Cc1cc(Cl)ccc1OCc1nc(-c2cccc(NC(=O)NC(C)C)c2)no1. The molecule has 3 rings (SSSR count). The molecular formula is C20H21ClN4O3. The van der Waals surface area contributed by atoms with Crippen LogP contribution < -0.4 is 15.4 Å². The third-order valence-electron chi connectivity index (χ3n) is 3.75. The summed E-state index contributed by atoms with van der Waals surface area (Å²) in [7, 11) is 0. The van der Waals surface area contributed by atoms with Crippen molar-refractivity contribution in [2.24, 2.45) is 0 Å². The van der Waals surface area contributed by atoms with Gasteiger partial charge in [0.25, 0.3) is 5.89 Å². The van der Waals surface area contributed by atoms with Gasteiger partial charge in [-0.25, -0.2) is 4.79 Å². The molecule has 0 aliphatic heterocycles. The Morgan fingerprint density at radius 2 is 2.07 bits per heavy atom. The lowest BCUT2D eigenvalue weighted by molar-refractivity contribution is 0.242. The molecule has 0 atom stereocenters. The minimum Gasteiger partial charge on any atom is -0.483 e. The van der Waals surface area contributed by atoms with Crippen molar-refractivity contribution in [1.82, 2.24) is 15.5 Å². The first-order chi connectivity index (χ1) is 13.4. The second-order valence-corrected chi connectivity index (χ2v) is 6.98. The van der Waals surface area contributed by atoms with Crippen molar-refractivity contribution in [2.45, 2.75) is 33.4 Å². The number of amides is 2. The van der Waals surface area contributed by atoms with Crippen molar-refractivity contribution in [2.75, 3.05) is 5.32 Å². The molecule has 7 nitrogen and oxygen atoms in total. The van der Waals surface area contributed by atoms with Gasteiger partial charge in [0.1, 0.15) is 5.75 Å². The highest BCUT2D eigenvalue weighted by Crippen LogP contribution is 2.24. The van der Waals surface area contributed by atoms with Gasteiger partial charge in [-0.05, 0) is 56.7 Å². The molecule has 0 unspecified atom stereocenters. The first-order valence-corrected chi connectivity index (χ1v) is 9.18. The van der Waals surface area contributed by atoms with Crippen LogP contribution >= 0.6 is 11.6 Å². The van der Waals surface area contributed by atoms with Gasteiger partial charge in [0.05, 0.1) is 0 Å². The largest absolute Gasteiger partial charge is 0.483 e. The Morgan fingerprint density at radius 3 is 2.82 bits per heavy atom. The van der Waals surface area contributed by atoms with E-state index in [2.05, 4.69) is 20.8 Å². The van der Waals surface area contributed by atoms with Crippen LogP contribution in [0.1, 0.15) is 25.3 Å². The van der Waals surface area contributed by atoms with Gasteiger partial charge < -0.3 is 19.9 Å². The number of ether oxygens (including phenoxy) is 1. The summed E-state index contributed by atoms with van der Waals surface area (Å²) in [4.78, 5) is 16.2. The van der Waals surface area contributed by atoms with Crippen molar-refractivity contribution >= 4 is 23.3 Å². The molecule has 2 aromatic carbocycles. The van der Waals surface area contributed by atoms with Crippen LogP contribution in [0.5, 0.6) is 5.75 Å². The van der Waals surface area contributed by atoms with E-state index in [0.29, 0.717) is 28.2 Å². The van der Waals surface area contributed by atoms with Crippen LogP contribution in [0.4, 0.5) is 10.5 Å². The molecule has 0 bridgehead atoms. The average Bonchev–Trinajstić information content (AvgIpc) is 3.09. The summed E-state index contributed by atoms with van der Waals surface area (Å²) >= 11 is 5.95. The van der Waals surface area contributed by atoms with Gasteiger partial charge in [-0.2, -0.15) is 4.98 Å². The zero-order valence-electron chi connectivity index (χ0n) is 15.8. The van der Waals surface area contributed by atoms with Gasteiger partial charge in [-0.15, -0.1) is 0 Å². The first kappa shape index (κ1) is 19.7. The Hall–Kier alpha value is -3.06. The lowest BCUT2D eigenvalue weighted by Gasteiger charge is -2.10. The Morgan fingerprint density at radius 1 is 1.25 bits per heavy atom. The van der Waals surface area contributed by atoms with E-state index in [-0.39, 0.29) is 18.7 Å². The molecule has 8 heteroatoms. The number of carbonyl (C=O) groups is 1. The number of urea groups is 1. The fourth-order valence-electron chi connectivity index (χ4n) is 2.51. The third kappa shape index (κ3) is 5.23. The van der Waals surface area contributed by atoms with Crippen molar-refractivity contribution < 1.29 is 14.1 Å². The third-order valence-corrected chi connectivity index (χ3v) is 3.99. The number of aromatic nitrogens is 2. The van der Waals surface area contributed by atoms with E-state index in [1.807, 2.05) is 39.0 Å². The molecule has 0 aliphatic carbocycles. The van der Waals surface area contributed by atoms with E-state index < -0.39 is 0 Å². The van der Waals surface area contributed by atoms with Crippen LogP contribution in [-0.4, -0.2) is 22.2 Å². The quantitative estimate of drug-likeness (QED) is 0.619. The molecule has 2 amide bonds. The average molecular weight is 401 g/mol. The van der Waals surface area contributed by atoms with Gasteiger partial charge in [0, 0.05) is 22.3 Å². The predicted octanol–water partition coefficient (Wildman–Crippen LogP) is 4.81. The van der Waals surface area contributed by atoms with E-state index in [9.17, 15) is 4.79 Å². The lowest BCUT2D eigenvalue weighted by Crippen LogP contribution is -2.34. The number of nitrogens with one attached hydrogen (secondary N) is 2. The van der Waals surface area contributed by atoms with Crippen molar-refractivity contribution in [3.63, 3.8) is 0 Å². The van der Waals surface area contributed by atoms with Gasteiger partial charge >= 0.3 is 6.03 Å². The zero-order valence-corrected chi connectivity index (χ0v) is 16.6. The van der Waals surface area contributed by atoms with Gasteiger partial charge in [0.2, 0.25) is 5.82 Å². The lowest BCUT2D eigenvalue weighted by atomic mass is 10.2. The first-order valence-electron chi connectivity index (χ1n) is 8.80. The molecular weight excluding hydrogens is 380 g/mol. The molecule has 0 saturated carbocycles. The van der Waals surface area contributed by atoms with Crippen molar-refractivity contribution in [3.05, 3.63) is 58.9 Å². The number of anilines is 1. The zero-order chi connectivity index (χ0) is 20.1. The van der Waals surface area contributed by atoms with Crippen LogP contribution in [-0.2, 0) is 6.61 Å². The van der Waals surface area contributed by atoms with Crippen LogP contribution in [0.25, 0.3) is 11.4 Å². The topological polar surface area (TPSA) is 89.3 Å². The van der Waals surface area contributed by atoms with Gasteiger partial charge in [-0.1, -0.05) is 28.9 Å². The number of carbonyl (C=O) groups excluding carboxylic acids is 1. The highest BCUT2D eigenvalue weighted by atomic mass is 35.5. The normalized spacial score (nSPS) is 10.8. The molecule has 0 saturated heterocycles. The number of nitrogens with zero attached hydrogens (tertiary/aromatic N) is 2. The monoisotopic (exact) mass is 400 g/mol. The van der Waals surface area contributed by atoms with E-state index >= 15 is 0 Å². The molecule has 1 aromatic heterocycles. The molecule has 0 radical (unpaired) electrons. The molecule has 0 aliphatic rings. The number of hydrogen-bond acceptors (Lipinski definition) is 5. The predicted molar refractivity (Wildman–Crippen MR) is 108 cm³/mol. The highest BCUT2D eigenvalue weighted by Gasteiger charge is 2.11. The van der Waals surface area contributed by atoms with E-state index in [1.165, 1.54) is 0 Å². The standard InChI is InChI=1S/C20H21ClN4O3/c1-12(2)22-20(26)23-16-6-4-5-14(10-16)19-24-18(28-25-19)11-27-17-8-7-15(21)9-13(17)3/h4-10,12H,11H2,1-3H3,(H2,22,23,26). The van der Waals surface area contributed by atoms with Crippen LogP contribution in [0.15, 0.2) is 47.0 Å². The fourth-order valence-corrected chi connectivity index (χ4v) is 2.74. The maximum Gasteiger partial charge on any atom is 0.319 e. The maximum absolute atomic E-state index is 11.8. The van der Waals surface area contributed by atoms with Crippen molar-refractivity contribution in [1.29, 1.82) is 0 Å². The molecule has 1 heterocycles. The molecule has 0 spiro atoms. The Labute approximate surface area is 168 Å². The van der Waals surface area contributed by atoms with Gasteiger partial charge in [0.15, 0.2) is 6.61 Å². The molecule has 0 fully saturated rings. The summed E-state index contributed by atoms with van der Waals surface area (Å²) in [6, 6.07) is 12.4. The van der Waals surface area contributed by atoms with E-state index in [1.54, 1.807) is 24.3 Å². The minimum absolute atomic E-state index is 0.0484. The smallest absolute Gasteiger partial charge is 0.319 e. The number of rotatable bonds is 6. The maximum atomic E-state index is 11.8.